The maximum absolute atomic E-state index is 13.2. The van der Waals surface area contributed by atoms with Crippen molar-refractivity contribution in [1.29, 1.82) is 0 Å². The molecule has 6 nitrogen and oxygen atoms in total. The predicted molar refractivity (Wildman–Crippen MR) is 69.0 cm³/mol. The highest BCUT2D eigenvalue weighted by atomic mass is 19.1. The summed E-state index contributed by atoms with van der Waals surface area (Å²) >= 11 is 0. The van der Waals surface area contributed by atoms with Gasteiger partial charge in [-0.15, -0.1) is 0 Å². The average Bonchev–Trinajstić information content (AvgIpc) is 2.86. The van der Waals surface area contributed by atoms with Gasteiger partial charge in [0.1, 0.15) is 0 Å². The zero-order valence-corrected chi connectivity index (χ0v) is 11.0. The Morgan fingerprint density at radius 1 is 1.50 bits per heavy atom. The molecular formula is C13H15FN2O4. The molecule has 0 aromatic heterocycles. The van der Waals surface area contributed by atoms with Gasteiger partial charge in [-0.3, -0.25) is 14.9 Å². The first-order chi connectivity index (χ1) is 9.51. The summed E-state index contributed by atoms with van der Waals surface area (Å²) in [4.78, 5) is 21.8. The zero-order chi connectivity index (χ0) is 14.7. The summed E-state index contributed by atoms with van der Waals surface area (Å²) in [6, 6.07) is 3.10. The van der Waals surface area contributed by atoms with Crippen molar-refractivity contribution in [3.8, 4) is 0 Å². The summed E-state index contributed by atoms with van der Waals surface area (Å²) in [7, 11) is 1.62. The number of carbonyl (C=O) groups excluding carboxylic acids is 1. The molecule has 0 heterocycles. The molecule has 2 atom stereocenters. The standard InChI is InChI=1S/C13H15FN2O4/c1-20-10-4-3-9(7-10)15-13(17)8-2-5-11(14)12(6-8)16(18)19/h2,5-6,9-10H,3-4,7H2,1H3,(H,15,17). The van der Waals surface area contributed by atoms with E-state index in [0.29, 0.717) is 6.42 Å². The van der Waals surface area contributed by atoms with E-state index in [9.17, 15) is 19.3 Å². The number of nitro benzene ring substituents is 1. The highest BCUT2D eigenvalue weighted by Gasteiger charge is 2.26. The molecule has 1 aliphatic carbocycles. The number of nitrogens with one attached hydrogen (secondary N) is 1. The van der Waals surface area contributed by atoms with Gasteiger partial charge >= 0.3 is 5.69 Å². The molecule has 0 radical (unpaired) electrons. The van der Waals surface area contributed by atoms with Crippen molar-refractivity contribution < 1.29 is 18.8 Å². The Balaban J connectivity index is 2.06. The third kappa shape index (κ3) is 3.11. The molecule has 1 amide bonds. The van der Waals surface area contributed by atoms with Gasteiger partial charge in [0.25, 0.3) is 5.91 Å². The molecule has 0 bridgehead atoms. The molecule has 0 spiro atoms. The fourth-order valence-electron chi connectivity index (χ4n) is 2.35. The first kappa shape index (κ1) is 14.4. The number of nitro groups is 1. The van der Waals surface area contributed by atoms with Crippen LogP contribution < -0.4 is 5.32 Å². The van der Waals surface area contributed by atoms with E-state index in [2.05, 4.69) is 5.32 Å². The molecule has 1 aromatic carbocycles. The van der Waals surface area contributed by atoms with Crippen LogP contribution in [0.15, 0.2) is 18.2 Å². The van der Waals surface area contributed by atoms with Gasteiger partial charge in [-0.2, -0.15) is 4.39 Å². The molecule has 2 rings (SSSR count). The van der Waals surface area contributed by atoms with Crippen molar-refractivity contribution in [3.63, 3.8) is 0 Å². The molecule has 0 aliphatic heterocycles. The monoisotopic (exact) mass is 282 g/mol. The lowest BCUT2D eigenvalue weighted by Gasteiger charge is -2.12. The minimum atomic E-state index is -0.952. The van der Waals surface area contributed by atoms with Crippen LogP contribution in [0.5, 0.6) is 0 Å². The fourth-order valence-corrected chi connectivity index (χ4v) is 2.35. The zero-order valence-electron chi connectivity index (χ0n) is 11.0. The number of methoxy groups -OCH3 is 1. The first-order valence-electron chi connectivity index (χ1n) is 6.29. The Kier molecular flexibility index (Phi) is 4.29. The van der Waals surface area contributed by atoms with Crippen LogP contribution in [0.4, 0.5) is 10.1 Å². The van der Waals surface area contributed by atoms with Crippen LogP contribution in [0.25, 0.3) is 0 Å². The van der Waals surface area contributed by atoms with Crippen LogP contribution in [0.1, 0.15) is 29.6 Å². The van der Waals surface area contributed by atoms with E-state index in [1.807, 2.05) is 0 Å². The number of ether oxygens (including phenoxy) is 1. The number of hydrogen-bond acceptors (Lipinski definition) is 4. The normalized spacial score (nSPS) is 21.7. The van der Waals surface area contributed by atoms with Gasteiger partial charge in [-0.1, -0.05) is 0 Å². The predicted octanol–water partition coefficient (Wildman–Crippen LogP) is 2.03. The number of halogens is 1. The van der Waals surface area contributed by atoms with Crippen LogP contribution in [0.3, 0.4) is 0 Å². The largest absolute Gasteiger partial charge is 0.381 e. The Labute approximate surface area is 115 Å². The summed E-state index contributed by atoms with van der Waals surface area (Å²) in [6.45, 7) is 0. The van der Waals surface area contributed by atoms with E-state index in [4.69, 9.17) is 4.74 Å². The minimum Gasteiger partial charge on any atom is -0.381 e. The van der Waals surface area contributed by atoms with Crippen LogP contribution >= 0.6 is 0 Å². The minimum absolute atomic E-state index is 0.0171. The SMILES string of the molecule is COC1CCC(NC(=O)c2ccc(F)c([N+](=O)[O-])c2)C1. The summed E-state index contributed by atoms with van der Waals surface area (Å²) in [5.41, 5.74) is -0.613. The second-order valence-corrected chi connectivity index (χ2v) is 4.76. The lowest BCUT2D eigenvalue weighted by Crippen LogP contribution is -2.33. The number of benzene rings is 1. The number of amides is 1. The molecule has 1 N–H and O–H groups in total. The molecule has 0 saturated heterocycles. The molecule has 108 valence electrons. The van der Waals surface area contributed by atoms with Gasteiger partial charge in [0.05, 0.1) is 11.0 Å². The summed E-state index contributed by atoms with van der Waals surface area (Å²) < 4.78 is 18.4. The van der Waals surface area contributed by atoms with Crippen molar-refractivity contribution in [2.75, 3.05) is 7.11 Å². The summed E-state index contributed by atoms with van der Waals surface area (Å²) in [6.07, 6.45) is 2.51. The Morgan fingerprint density at radius 3 is 2.85 bits per heavy atom. The Morgan fingerprint density at radius 2 is 2.25 bits per heavy atom. The quantitative estimate of drug-likeness (QED) is 0.676. The van der Waals surface area contributed by atoms with Gasteiger partial charge in [0, 0.05) is 24.8 Å². The maximum atomic E-state index is 13.2. The number of carbonyl (C=O) groups is 1. The van der Waals surface area contributed by atoms with Crippen LogP contribution in [0.2, 0.25) is 0 Å². The average molecular weight is 282 g/mol. The fraction of sp³-hybridized carbons (Fsp3) is 0.462. The van der Waals surface area contributed by atoms with Crippen molar-refractivity contribution >= 4 is 11.6 Å². The van der Waals surface area contributed by atoms with Crippen molar-refractivity contribution in [3.05, 3.63) is 39.7 Å². The third-order valence-electron chi connectivity index (χ3n) is 3.46. The van der Waals surface area contributed by atoms with Gasteiger partial charge < -0.3 is 10.1 Å². The lowest BCUT2D eigenvalue weighted by atomic mass is 10.1. The van der Waals surface area contributed by atoms with Crippen molar-refractivity contribution in [1.82, 2.24) is 5.32 Å². The second kappa shape index (κ2) is 5.96. The number of hydrogen-bond donors (Lipinski definition) is 1. The maximum Gasteiger partial charge on any atom is 0.305 e. The van der Waals surface area contributed by atoms with Gasteiger partial charge in [0.15, 0.2) is 0 Å². The molecule has 1 aliphatic rings. The van der Waals surface area contributed by atoms with Gasteiger partial charge in [-0.05, 0) is 31.4 Å². The summed E-state index contributed by atoms with van der Waals surface area (Å²) in [5.74, 6) is -1.39. The van der Waals surface area contributed by atoms with E-state index in [0.717, 1.165) is 25.0 Å². The molecule has 7 heteroatoms. The van der Waals surface area contributed by atoms with E-state index in [1.54, 1.807) is 7.11 Å². The molecule has 2 unspecified atom stereocenters. The van der Waals surface area contributed by atoms with E-state index >= 15 is 0 Å². The Bertz CT molecular complexity index is 535. The highest BCUT2D eigenvalue weighted by Crippen LogP contribution is 2.23. The number of rotatable bonds is 4. The summed E-state index contributed by atoms with van der Waals surface area (Å²) in [5, 5.41) is 13.4. The topological polar surface area (TPSA) is 81.5 Å². The van der Waals surface area contributed by atoms with Crippen molar-refractivity contribution in [2.24, 2.45) is 0 Å². The van der Waals surface area contributed by atoms with E-state index < -0.39 is 22.3 Å². The molecule has 1 saturated carbocycles. The smallest absolute Gasteiger partial charge is 0.305 e. The van der Waals surface area contributed by atoms with Crippen LogP contribution in [0, 0.1) is 15.9 Å². The molecule has 1 aromatic rings. The van der Waals surface area contributed by atoms with Crippen molar-refractivity contribution in [2.45, 2.75) is 31.4 Å². The van der Waals surface area contributed by atoms with E-state index in [1.165, 1.54) is 6.07 Å². The van der Waals surface area contributed by atoms with E-state index in [-0.39, 0.29) is 17.7 Å². The molecular weight excluding hydrogens is 267 g/mol. The number of nitrogens with zero attached hydrogens (tertiary/aromatic N) is 1. The Hall–Kier alpha value is -2.02. The lowest BCUT2D eigenvalue weighted by molar-refractivity contribution is -0.387. The van der Waals surface area contributed by atoms with Crippen LogP contribution in [-0.4, -0.2) is 30.1 Å². The second-order valence-electron chi connectivity index (χ2n) is 4.76. The third-order valence-corrected chi connectivity index (χ3v) is 3.46. The molecule has 20 heavy (non-hydrogen) atoms. The van der Waals surface area contributed by atoms with Gasteiger partial charge in [0.2, 0.25) is 5.82 Å². The highest BCUT2D eigenvalue weighted by molar-refractivity contribution is 5.95. The first-order valence-corrected chi connectivity index (χ1v) is 6.29. The van der Waals surface area contributed by atoms with Gasteiger partial charge in [-0.25, -0.2) is 0 Å². The van der Waals surface area contributed by atoms with Crippen LogP contribution in [-0.2, 0) is 4.74 Å². The molecule has 1 fully saturated rings.